The molecule has 0 aromatic rings. The Labute approximate surface area is 313 Å². The molecule has 0 heterocycles. The summed E-state index contributed by atoms with van der Waals surface area (Å²) in [4.78, 5) is 10.3. The highest BCUT2D eigenvalue weighted by molar-refractivity contribution is 5.48. The third kappa shape index (κ3) is 46.1. The second kappa shape index (κ2) is 47.1. The summed E-state index contributed by atoms with van der Waals surface area (Å²) in [5.41, 5.74) is 0. The number of aliphatic hydroxyl groups excluding tert-OH is 1. The molecule has 0 atom stereocenters. The van der Waals surface area contributed by atoms with Crippen LogP contribution in [-0.2, 0) is 4.79 Å². The van der Waals surface area contributed by atoms with E-state index < -0.39 is 0 Å². The molecule has 1 N–H and O–H groups in total. The summed E-state index contributed by atoms with van der Waals surface area (Å²) in [7, 11) is 0. The van der Waals surface area contributed by atoms with Crippen LogP contribution in [-0.4, -0.2) is 18.0 Å². The summed E-state index contributed by atoms with van der Waals surface area (Å²) >= 11 is 0. The Morgan fingerprint density at radius 3 is 0.780 bits per heavy atom. The Bertz CT molecular complexity index is 814. The van der Waals surface area contributed by atoms with Crippen LogP contribution in [0.3, 0.4) is 0 Å². The second-order valence-corrected chi connectivity index (χ2v) is 14.4. The van der Waals surface area contributed by atoms with Gasteiger partial charge in [0.2, 0.25) is 0 Å². The Morgan fingerprint density at radius 2 is 0.460 bits per heavy atom. The molecule has 0 saturated carbocycles. The first-order valence-corrected chi connectivity index (χ1v) is 21.9. The third-order valence-electron chi connectivity index (χ3n) is 9.54. The largest absolute Gasteiger partial charge is 0.396 e. The van der Waals surface area contributed by atoms with Gasteiger partial charge in [0.05, 0.1) is 0 Å². The molecule has 0 aliphatic heterocycles. The highest BCUT2D eigenvalue weighted by Gasteiger charge is 1.96. The van der Waals surface area contributed by atoms with Crippen LogP contribution in [0.5, 0.6) is 0 Å². The first-order chi connectivity index (χ1) is 24.9. The van der Waals surface area contributed by atoms with Gasteiger partial charge in [0.25, 0.3) is 0 Å². The predicted octanol–water partition coefficient (Wildman–Crippen LogP) is 15.8. The number of carbonyl (C=O) groups is 1. The summed E-state index contributed by atoms with van der Waals surface area (Å²) < 4.78 is 0. The number of unbranched alkanes of at least 4 members (excludes halogenated alkanes) is 27. The van der Waals surface area contributed by atoms with Gasteiger partial charge >= 0.3 is 0 Å². The topological polar surface area (TPSA) is 37.3 Å². The molecule has 2 nitrogen and oxygen atoms in total. The molecule has 0 aromatic carbocycles. The van der Waals surface area contributed by atoms with Gasteiger partial charge in [0.15, 0.2) is 0 Å². The van der Waals surface area contributed by atoms with Crippen molar-refractivity contribution in [2.45, 2.75) is 218 Å². The van der Waals surface area contributed by atoms with Crippen molar-refractivity contribution in [3.63, 3.8) is 0 Å². The molecular formula is C48H84O2. The van der Waals surface area contributed by atoms with Crippen molar-refractivity contribution < 1.29 is 9.90 Å². The first kappa shape index (κ1) is 48.1. The highest BCUT2D eigenvalue weighted by atomic mass is 16.2. The van der Waals surface area contributed by atoms with Crippen molar-refractivity contribution in [1.82, 2.24) is 0 Å². The summed E-state index contributed by atoms with van der Waals surface area (Å²) in [6, 6.07) is 0. The number of aldehydes is 1. The molecule has 0 aliphatic rings. The van der Waals surface area contributed by atoms with Gasteiger partial charge in [-0.25, -0.2) is 0 Å². The van der Waals surface area contributed by atoms with Gasteiger partial charge in [0.1, 0.15) is 6.29 Å². The average Bonchev–Trinajstić information content (AvgIpc) is 3.13. The van der Waals surface area contributed by atoms with E-state index in [0.29, 0.717) is 6.61 Å². The Balaban J connectivity index is 3.27. The van der Waals surface area contributed by atoms with Crippen molar-refractivity contribution in [3.8, 4) is 0 Å². The summed E-state index contributed by atoms with van der Waals surface area (Å²) in [5, 5.41) is 8.75. The SMILES string of the molecule is O=CCCCCCCCCCCCCCCCCCCCCCCCCCC=CCC=CCC=CCC=CCCC=CCCC=CCCCO. The van der Waals surface area contributed by atoms with Gasteiger partial charge in [-0.05, 0) is 77.0 Å². The number of carbonyl (C=O) groups excluding carboxylic acids is 1. The van der Waals surface area contributed by atoms with Crippen molar-refractivity contribution in [2.24, 2.45) is 0 Å². The van der Waals surface area contributed by atoms with Crippen LogP contribution in [0, 0.1) is 0 Å². The predicted molar refractivity (Wildman–Crippen MR) is 225 cm³/mol. The molecule has 2 heteroatoms. The summed E-state index contributed by atoms with van der Waals surface area (Å²) in [5.74, 6) is 0. The van der Waals surface area contributed by atoms with Crippen molar-refractivity contribution >= 4 is 6.29 Å². The van der Waals surface area contributed by atoms with Crippen LogP contribution >= 0.6 is 0 Å². The highest BCUT2D eigenvalue weighted by Crippen LogP contribution is 2.16. The molecule has 0 bridgehead atoms. The number of hydrogen-bond donors (Lipinski definition) is 1. The standard InChI is InChI=1S/C48H84O2/c49-47-45-43-41-39-37-35-33-31-29-27-25-23-21-19-17-15-13-11-9-7-5-3-1-2-4-6-8-10-12-14-16-18-20-22-24-26-28-30-32-34-36-38-40-42-44-46-48-50/h5,7,11,13,17,19,23,25,31,33,39,41,48-49H,1-4,6,8-10,12,14-16,18,20-22,24,26-30,32,34-38,40,42-47H2. The summed E-state index contributed by atoms with van der Waals surface area (Å²) in [6.45, 7) is 0.292. The normalized spacial score (nSPS) is 12.5. The zero-order valence-electron chi connectivity index (χ0n) is 33.1. The maximum atomic E-state index is 10.3. The molecule has 0 radical (unpaired) electrons. The molecule has 0 aromatic heterocycles. The number of aliphatic hydroxyl groups is 1. The first-order valence-electron chi connectivity index (χ1n) is 21.9. The Kier molecular flexibility index (Phi) is 45.3. The lowest BCUT2D eigenvalue weighted by atomic mass is 10.0. The van der Waals surface area contributed by atoms with Gasteiger partial charge < -0.3 is 9.90 Å². The zero-order valence-corrected chi connectivity index (χ0v) is 33.1. The van der Waals surface area contributed by atoms with E-state index in [0.717, 1.165) is 76.9 Å². The van der Waals surface area contributed by atoms with Gasteiger partial charge in [-0.1, -0.05) is 208 Å². The minimum absolute atomic E-state index is 0.292. The van der Waals surface area contributed by atoms with Gasteiger partial charge in [-0.2, -0.15) is 0 Å². The fourth-order valence-corrected chi connectivity index (χ4v) is 6.32. The van der Waals surface area contributed by atoms with E-state index in [-0.39, 0.29) is 0 Å². The smallest absolute Gasteiger partial charge is 0.119 e. The van der Waals surface area contributed by atoms with E-state index in [1.807, 2.05) is 0 Å². The minimum Gasteiger partial charge on any atom is -0.396 e. The van der Waals surface area contributed by atoms with Crippen molar-refractivity contribution in [1.29, 1.82) is 0 Å². The maximum Gasteiger partial charge on any atom is 0.119 e. The monoisotopic (exact) mass is 693 g/mol. The number of rotatable bonds is 41. The van der Waals surface area contributed by atoms with E-state index in [2.05, 4.69) is 72.9 Å². The molecule has 0 amide bonds. The van der Waals surface area contributed by atoms with E-state index in [4.69, 9.17) is 5.11 Å². The van der Waals surface area contributed by atoms with Crippen LogP contribution in [0.1, 0.15) is 218 Å². The molecule has 50 heavy (non-hydrogen) atoms. The van der Waals surface area contributed by atoms with Crippen LogP contribution in [0.2, 0.25) is 0 Å². The molecular weight excluding hydrogens is 609 g/mol. The molecule has 0 unspecified atom stereocenters. The lowest BCUT2D eigenvalue weighted by Crippen LogP contribution is -1.84. The Morgan fingerprint density at radius 1 is 0.240 bits per heavy atom. The van der Waals surface area contributed by atoms with Gasteiger partial charge in [0, 0.05) is 13.0 Å². The van der Waals surface area contributed by atoms with Gasteiger partial charge in [-0.3, -0.25) is 0 Å². The third-order valence-corrected chi connectivity index (χ3v) is 9.54. The maximum absolute atomic E-state index is 10.3. The van der Waals surface area contributed by atoms with E-state index in [1.54, 1.807) is 0 Å². The van der Waals surface area contributed by atoms with Crippen LogP contribution < -0.4 is 0 Å². The van der Waals surface area contributed by atoms with Crippen molar-refractivity contribution in [2.75, 3.05) is 6.61 Å². The lowest BCUT2D eigenvalue weighted by Gasteiger charge is -2.04. The quantitative estimate of drug-likeness (QED) is 0.0393. The average molecular weight is 693 g/mol. The second-order valence-electron chi connectivity index (χ2n) is 14.4. The molecule has 0 aliphatic carbocycles. The molecule has 0 rings (SSSR count). The fourth-order valence-electron chi connectivity index (χ4n) is 6.32. The Hall–Kier alpha value is -1.93. The molecule has 288 valence electrons. The molecule has 0 saturated heterocycles. The number of hydrogen-bond acceptors (Lipinski definition) is 2. The fraction of sp³-hybridized carbons (Fsp3) is 0.729. The van der Waals surface area contributed by atoms with Crippen LogP contribution in [0.15, 0.2) is 72.9 Å². The van der Waals surface area contributed by atoms with Gasteiger partial charge in [-0.15, -0.1) is 0 Å². The van der Waals surface area contributed by atoms with Crippen LogP contribution in [0.25, 0.3) is 0 Å². The van der Waals surface area contributed by atoms with E-state index in [1.165, 1.54) is 148 Å². The molecule has 0 spiro atoms. The lowest BCUT2D eigenvalue weighted by molar-refractivity contribution is -0.107. The minimum atomic E-state index is 0.292. The summed E-state index contributed by atoms with van der Waals surface area (Å²) in [6.07, 6.45) is 72.2. The zero-order chi connectivity index (χ0) is 35.9. The van der Waals surface area contributed by atoms with Crippen molar-refractivity contribution in [3.05, 3.63) is 72.9 Å². The van der Waals surface area contributed by atoms with Crippen LogP contribution in [0.4, 0.5) is 0 Å². The van der Waals surface area contributed by atoms with E-state index >= 15 is 0 Å². The number of allylic oxidation sites excluding steroid dienone is 12. The van der Waals surface area contributed by atoms with E-state index in [9.17, 15) is 4.79 Å². The molecule has 0 fully saturated rings.